The van der Waals surface area contributed by atoms with Crippen molar-refractivity contribution in [2.45, 2.75) is 11.8 Å². The van der Waals surface area contributed by atoms with Gasteiger partial charge in [-0.05, 0) is 24.6 Å². The van der Waals surface area contributed by atoms with E-state index in [9.17, 15) is 8.42 Å². The van der Waals surface area contributed by atoms with Crippen LogP contribution in [0.3, 0.4) is 0 Å². The van der Waals surface area contributed by atoms with Gasteiger partial charge in [-0.1, -0.05) is 23.2 Å². The van der Waals surface area contributed by atoms with E-state index in [0.29, 0.717) is 5.56 Å². The van der Waals surface area contributed by atoms with Gasteiger partial charge in [0.15, 0.2) is 0 Å². The van der Waals surface area contributed by atoms with Gasteiger partial charge in [-0.25, -0.2) is 13.6 Å². The molecule has 0 aromatic heterocycles. The van der Waals surface area contributed by atoms with E-state index in [4.69, 9.17) is 28.3 Å². The van der Waals surface area contributed by atoms with Gasteiger partial charge >= 0.3 is 0 Å². The lowest BCUT2D eigenvalue weighted by atomic mass is 10.2. The molecule has 0 heterocycles. The van der Waals surface area contributed by atoms with Gasteiger partial charge in [0.25, 0.3) is 0 Å². The van der Waals surface area contributed by atoms with Crippen LogP contribution in [0.1, 0.15) is 5.56 Å². The Bertz CT molecular complexity index is 442. The van der Waals surface area contributed by atoms with Crippen molar-refractivity contribution in [1.29, 1.82) is 0 Å². The molecule has 6 heteroatoms. The molecule has 1 aromatic carbocycles. The SMILES string of the molecule is Cc1c(Cl)cc(Cl)cc1S(N)(=O)=O. The van der Waals surface area contributed by atoms with E-state index in [2.05, 4.69) is 0 Å². The van der Waals surface area contributed by atoms with Crippen molar-refractivity contribution in [2.75, 3.05) is 0 Å². The molecule has 0 aliphatic carbocycles. The summed E-state index contributed by atoms with van der Waals surface area (Å²) in [4.78, 5) is -0.0370. The second kappa shape index (κ2) is 3.46. The van der Waals surface area contributed by atoms with Gasteiger partial charge in [-0.2, -0.15) is 0 Å². The van der Waals surface area contributed by atoms with Gasteiger partial charge in [-0.15, -0.1) is 0 Å². The van der Waals surface area contributed by atoms with Crippen LogP contribution in [-0.2, 0) is 10.0 Å². The Kier molecular flexibility index (Phi) is 2.87. The smallest absolute Gasteiger partial charge is 0.225 e. The molecule has 0 amide bonds. The Hall–Kier alpha value is -0.290. The van der Waals surface area contributed by atoms with Crippen molar-refractivity contribution in [1.82, 2.24) is 0 Å². The molecule has 0 bridgehead atoms. The highest BCUT2D eigenvalue weighted by molar-refractivity contribution is 7.89. The topological polar surface area (TPSA) is 60.2 Å². The van der Waals surface area contributed by atoms with Crippen LogP contribution in [0.2, 0.25) is 10.0 Å². The second-order valence-electron chi connectivity index (χ2n) is 2.56. The van der Waals surface area contributed by atoms with Crippen molar-refractivity contribution < 1.29 is 8.42 Å². The summed E-state index contributed by atoms with van der Waals surface area (Å²) in [5.74, 6) is 0. The molecule has 1 rings (SSSR count). The number of hydrogen-bond acceptors (Lipinski definition) is 2. The zero-order valence-corrected chi connectivity index (χ0v) is 9.04. The Morgan fingerprint density at radius 3 is 2.31 bits per heavy atom. The number of benzene rings is 1. The normalized spacial score (nSPS) is 11.7. The summed E-state index contributed by atoms with van der Waals surface area (Å²) in [5.41, 5.74) is 0.411. The average Bonchev–Trinajstić information content (AvgIpc) is 1.94. The summed E-state index contributed by atoms with van der Waals surface area (Å²) in [6, 6.07) is 2.74. The highest BCUT2D eigenvalue weighted by Crippen LogP contribution is 2.26. The first-order chi connectivity index (χ1) is 5.82. The Labute approximate surface area is 86.5 Å². The predicted octanol–water partition coefficient (Wildman–Crippen LogP) is 1.95. The van der Waals surface area contributed by atoms with Crippen LogP contribution >= 0.6 is 23.2 Å². The van der Waals surface area contributed by atoms with Crippen LogP contribution in [0.15, 0.2) is 17.0 Å². The van der Waals surface area contributed by atoms with Gasteiger partial charge in [0.05, 0.1) is 4.90 Å². The Balaban J connectivity index is 3.56. The Morgan fingerprint density at radius 2 is 1.85 bits per heavy atom. The lowest BCUT2D eigenvalue weighted by Crippen LogP contribution is -2.13. The number of hydrogen-bond donors (Lipinski definition) is 1. The number of rotatable bonds is 1. The van der Waals surface area contributed by atoms with Crippen molar-refractivity contribution >= 4 is 33.2 Å². The molecule has 0 spiro atoms. The molecule has 13 heavy (non-hydrogen) atoms. The van der Waals surface area contributed by atoms with E-state index in [1.807, 2.05) is 0 Å². The first kappa shape index (κ1) is 10.8. The fourth-order valence-corrected chi connectivity index (χ4v) is 2.36. The first-order valence-corrected chi connectivity index (χ1v) is 5.61. The minimum Gasteiger partial charge on any atom is -0.225 e. The van der Waals surface area contributed by atoms with Crippen LogP contribution in [0.25, 0.3) is 0 Å². The summed E-state index contributed by atoms with van der Waals surface area (Å²) in [6.45, 7) is 1.57. The monoisotopic (exact) mass is 239 g/mol. The largest absolute Gasteiger partial charge is 0.238 e. The van der Waals surface area contributed by atoms with Gasteiger partial charge in [0.1, 0.15) is 0 Å². The van der Waals surface area contributed by atoms with Crippen LogP contribution in [0, 0.1) is 6.92 Å². The molecule has 0 saturated carbocycles. The van der Waals surface area contributed by atoms with Crippen LogP contribution < -0.4 is 5.14 Å². The maximum Gasteiger partial charge on any atom is 0.238 e. The lowest BCUT2D eigenvalue weighted by molar-refractivity contribution is 0.597. The molecule has 0 atom stereocenters. The molecule has 0 saturated heterocycles. The van der Waals surface area contributed by atoms with Gasteiger partial charge in [-0.3, -0.25) is 0 Å². The van der Waals surface area contributed by atoms with Crippen molar-refractivity contribution in [3.63, 3.8) is 0 Å². The third kappa shape index (κ3) is 2.34. The molecule has 1 aromatic rings. The molecule has 0 unspecified atom stereocenters. The predicted molar refractivity (Wildman–Crippen MR) is 52.6 cm³/mol. The molecule has 0 fully saturated rings. The molecule has 3 nitrogen and oxygen atoms in total. The van der Waals surface area contributed by atoms with Crippen molar-refractivity contribution in [3.8, 4) is 0 Å². The minimum absolute atomic E-state index is 0.0370. The number of primary sulfonamides is 1. The zero-order chi connectivity index (χ0) is 10.2. The molecule has 0 aliphatic heterocycles. The zero-order valence-electron chi connectivity index (χ0n) is 6.71. The molecule has 0 aliphatic rings. The highest BCUT2D eigenvalue weighted by atomic mass is 35.5. The quantitative estimate of drug-likeness (QED) is 0.815. The third-order valence-corrected chi connectivity index (χ3v) is 3.22. The number of sulfonamides is 1. The molecule has 2 N–H and O–H groups in total. The standard InChI is InChI=1S/C7H7Cl2NO2S/c1-4-6(9)2-5(8)3-7(4)13(10,11)12/h2-3H,1H3,(H2,10,11,12). The lowest BCUT2D eigenvalue weighted by Gasteiger charge is -2.05. The summed E-state index contributed by atoms with van der Waals surface area (Å²) < 4.78 is 22.0. The van der Waals surface area contributed by atoms with E-state index in [-0.39, 0.29) is 14.9 Å². The molecule has 72 valence electrons. The minimum atomic E-state index is -3.75. The molecular weight excluding hydrogens is 233 g/mol. The average molecular weight is 240 g/mol. The van der Waals surface area contributed by atoms with Crippen LogP contribution in [-0.4, -0.2) is 8.42 Å². The highest BCUT2D eigenvalue weighted by Gasteiger charge is 2.14. The second-order valence-corrected chi connectivity index (χ2v) is 4.93. The fraction of sp³-hybridized carbons (Fsp3) is 0.143. The first-order valence-electron chi connectivity index (χ1n) is 3.31. The van der Waals surface area contributed by atoms with Crippen molar-refractivity contribution in [3.05, 3.63) is 27.7 Å². The maximum absolute atomic E-state index is 11.0. The summed E-state index contributed by atoms with van der Waals surface area (Å²) in [5, 5.41) is 5.49. The van der Waals surface area contributed by atoms with E-state index in [0.717, 1.165) is 0 Å². The summed E-state index contributed by atoms with van der Waals surface area (Å²) >= 11 is 11.3. The van der Waals surface area contributed by atoms with E-state index in [1.54, 1.807) is 6.92 Å². The van der Waals surface area contributed by atoms with Crippen LogP contribution in [0.4, 0.5) is 0 Å². The third-order valence-electron chi connectivity index (χ3n) is 1.57. The van der Waals surface area contributed by atoms with E-state index < -0.39 is 10.0 Å². The fourth-order valence-electron chi connectivity index (χ4n) is 0.918. The molecule has 0 radical (unpaired) electrons. The van der Waals surface area contributed by atoms with Crippen LogP contribution in [0.5, 0.6) is 0 Å². The van der Waals surface area contributed by atoms with Crippen molar-refractivity contribution in [2.24, 2.45) is 5.14 Å². The van der Waals surface area contributed by atoms with Gasteiger partial charge in [0.2, 0.25) is 10.0 Å². The van der Waals surface area contributed by atoms with E-state index >= 15 is 0 Å². The summed E-state index contributed by atoms with van der Waals surface area (Å²) in [7, 11) is -3.75. The van der Waals surface area contributed by atoms with Gasteiger partial charge in [0, 0.05) is 10.0 Å². The number of halogens is 2. The summed E-state index contributed by atoms with van der Waals surface area (Å²) in [6.07, 6.45) is 0. The molecular formula is C7H7Cl2NO2S. The Morgan fingerprint density at radius 1 is 1.31 bits per heavy atom. The number of nitrogens with two attached hydrogens (primary N) is 1. The van der Waals surface area contributed by atoms with E-state index in [1.165, 1.54) is 12.1 Å². The van der Waals surface area contributed by atoms with Gasteiger partial charge < -0.3 is 0 Å². The maximum atomic E-state index is 11.0.